The van der Waals surface area contributed by atoms with Gasteiger partial charge in [0.1, 0.15) is 11.6 Å². The van der Waals surface area contributed by atoms with Gasteiger partial charge in [0.2, 0.25) is 0 Å². The Hall–Kier alpha value is -3.59. The molecule has 0 bridgehead atoms. The molecule has 0 unspecified atom stereocenters. The van der Waals surface area contributed by atoms with Crippen molar-refractivity contribution in [2.75, 3.05) is 6.61 Å². The second kappa shape index (κ2) is 11.2. The van der Waals surface area contributed by atoms with E-state index in [0.717, 1.165) is 47.3 Å². The van der Waals surface area contributed by atoms with Crippen molar-refractivity contribution in [1.82, 2.24) is 30.1 Å². The van der Waals surface area contributed by atoms with Crippen LogP contribution < -0.4 is 10.3 Å². The lowest BCUT2D eigenvalue weighted by Gasteiger charge is -2.31. The summed E-state index contributed by atoms with van der Waals surface area (Å²) in [6.07, 6.45) is 5.25. The van der Waals surface area contributed by atoms with Crippen LogP contribution in [0.5, 0.6) is 5.75 Å². The molecule has 4 aromatic rings. The molecular weight excluding hydrogens is 471 g/mol. The zero-order valence-corrected chi connectivity index (χ0v) is 21.4. The Morgan fingerprint density at radius 3 is 2.62 bits per heavy atom. The number of hydrogen-bond donors (Lipinski definition) is 1. The molecule has 0 amide bonds. The molecule has 1 aliphatic rings. The number of nitrogens with zero attached hydrogens (tertiary/aromatic N) is 5. The number of hydrogen-bond acceptors (Lipinski definition) is 6. The summed E-state index contributed by atoms with van der Waals surface area (Å²) in [6, 6.07) is 14.3. The Labute approximate surface area is 215 Å². The van der Waals surface area contributed by atoms with E-state index in [0.29, 0.717) is 31.3 Å². The minimum atomic E-state index is -0.274. The van der Waals surface area contributed by atoms with Crippen LogP contribution in [-0.2, 0) is 13.1 Å². The van der Waals surface area contributed by atoms with Gasteiger partial charge >= 0.3 is 0 Å². The number of H-pyrrole nitrogens is 1. The normalized spacial score (nSPS) is 15.0. The minimum Gasteiger partial charge on any atom is -0.494 e. The van der Waals surface area contributed by atoms with Crippen molar-refractivity contribution in [3.8, 4) is 5.75 Å². The predicted octanol–water partition coefficient (Wildman–Crippen LogP) is 5.32. The highest BCUT2D eigenvalue weighted by atomic mass is 19.1. The highest BCUT2D eigenvalue weighted by molar-refractivity contribution is 5.80. The lowest BCUT2D eigenvalue weighted by atomic mass is 10.1. The number of rotatable bonds is 10. The van der Waals surface area contributed by atoms with Gasteiger partial charge in [0.25, 0.3) is 5.56 Å². The van der Waals surface area contributed by atoms with Crippen molar-refractivity contribution in [3.05, 3.63) is 81.7 Å². The predicted molar refractivity (Wildman–Crippen MR) is 140 cm³/mol. The molecule has 1 fully saturated rings. The Bertz CT molecular complexity index is 1390. The van der Waals surface area contributed by atoms with Crippen LogP contribution in [0.3, 0.4) is 0 Å². The number of pyridine rings is 1. The zero-order chi connectivity index (χ0) is 25.8. The zero-order valence-electron chi connectivity index (χ0n) is 21.4. The molecule has 1 N–H and O–H groups in total. The van der Waals surface area contributed by atoms with E-state index >= 15 is 0 Å². The molecule has 0 spiro atoms. The maximum atomic E-state index is 13.6. The average molecular weight is 505 g/mol. The number of halogens is 1. The molecule has 194 valence electrons. The van der Waals surface area contributed by atoms with Crippen molar-refractivity contribution in [3.63, 3.8) is 0 Å². The van der Waals surface area contributed by atoms with Crippen molar-refractivity contribution >= 4 is 10.9 Å². The van der Waals surface area contributed by atoms with Crippen molar-refractivity contribution in [1.29, 1.82) is 0 Å². The molecule has 9 heteroatoms. The van der Waals surface area contributed by atoms with E-state index in [1.807, 2.05) is 35.9 Å². The summed E-state index contributed by atoms with van der Waals surface area (Å²) < 4.78 is 21.3. The lowest BCUT2D eigenvalue weighted by Crippen LogP contribution is -2.32. The highest BCUT2D eigenvalue weighted by Gasteiger charge is 2.29. The maximum absolute atomic E-state index is 13.6. The Morgan fingerprint density at radius 2 is 1.89 bits per heavy atom. The minimum absolute atomic E-state index is 0.120. The summed E-state index contributed by atoms with van der Waals surface area (Å²) in [4.78, 5) is 18.4. The van der Waals surface area contributed by atoms with Crippen LogP contribution >= 0.6 is 0 Å². The van der Waals surface area contributed by atoms with Gasteiger partial charge in [-0.2, -0.15) is 0 Å². The topological polar surface area (TPSA) is 88.9 Å². The monoisotopic (exact) mass is 504 g/mol. The lowest BCUT2D eigenvalue weighted by molar-refractivity contribution is 0.158. The molecule has 2 aromatic heterocycles. The van der Waals surface area contributed by atoms with Gasteiger partial charge in [0, 0.05) is 29.6 Å². The summed E-state index contributed by atoms with van der Waals surface area (Å²) in [6.45, 7) is 5.53. The fourth-order valence-corrected chi connectivity index (χ4v) is 5.36. The fourth-order valence-electron chi connectivity index (χ4n) is 5.36. The van der Waals surface area contributed by atoms with E-state index < -0.39 is 0 Å². The first-order valence-electron chi connectivity index (χ1n) is 13.1. The first-order chi connectivity index (χ1) is 18.1. The number of fused-ring (bicyclic) bond motifs is 1. The van der Waals surface area contributed by atoms with E-state index in [-0.39, 0.29) is 17.4 Å². The third-order valence-corrected chi connectivity index (χ3v) is 7.19. The van der Waals surface area contributed by atoms with Gasteiger partial charge in [-0.05, 0) is 78.6 Å². The molecule has 8 nitrogen and oxygen atoms in total. The fraction of sp³-hybridized carbons (Fsp3) is 0.429. The van der Waals surface area contributed by atoms with Crippen molar-refractivity contribution in [2.45, 2.75) is 71.1 Å². The summed E-state index contributed by atoms with van der Waals surface area (Å²) in [5, 5.41) is 13.8. The van der Waals surface area contributed by atoms with Crippen LogP contribution in [0.4, 0.5) is 4.39 Å². The quantitative estimate of drug-likeness (QED) is 0.314. The van der Waals surface area contributed by atoms with Crippen LogP contribution in [0.1, 0.15) is 75.0 Å². The van der Waals surface area contributed by atoms with E-state index in [1.54, 1.807) is 12.1 Å². The molecule has 1 atom stereocenters. The van der Waals surface area contributed by atoms with Crippen molar-refractivity contribution in [2.24, 2.45) is 0 Å². The second-order valence-electron chi connectivity index (χ2n) is 9.68. The summed E-state index contributed by atoms with van der Waals surface area (Å²) in [5.74, 6) is 1.30. The van der Waals surface area contributed by atoms with Crippen molar-refractivity contribution < 1.29 is 9.13 Å². The van der Waals surface area contributed by atoms with Gasteiger partial charge in [-0.3, -0.25) is 9.69 Å². The molecular formula is C28H33FN6O2. The third-order valence-electron chi connectivity index (χ3n) is 7.19. The Balaban J connectivity index is 1.52. The Kier molecular flexibility index (Phi) is 7.60. The van der Waals surface area contributed by atoms with E-state index in [1.165, 1.54) is 25.0 Å². The number of nitrogens with one attached hydrogen (secondary N) is 1. The molecule has 0 saturated heterocycles. The van der Waals surface area contributed by atoms with Crippen LogP contribution in [0.25, 0.3) is 10.9 Å². The smallest absolute Gasteiger partial charge is 0.252 e. The van der Waals surface area contributed by atoms with E-state index in [4.69, 9.17) is 4.74 Å². The molecule has 2 heterocycles. The molecule has 1 aliphatic carbocycles. The number of benzene rings is 2. The van der Waals surface area contributed by atoms with Crippen LogP contribution in [-0.4, -0.2) is 36.7 Å². The third kappa shape index (κ3) is 5.56. The van der Waals surface area contributed by atoms with Gasteiger partial charge in [0.15, 0.2) is 5.82 Å². The van der Waals surface area contributed by atoms with Gasteiger partial charge < -0.3 is 9.72 Å². The summed E-state index contributed by atoms with van der Waals surface area (Å²) in [5.41, 5.74) is 2.22. The van der Waals surface area contributed by atoms with Crippen LogP contribution in [0, 0.1) is 5.82 Å². The molecule has 0 aliphatic heterocycles. The summed E-state index contributed by atoms with van der Waals surface area (Å²) >= 11 is 0. The van der Waals surface area contributed by atoms with Gasteiger partial charge in [0.05, 0.1) is 18.7 Å². The molecule has 37 heavy (non-hydrogen) atoms. The largest absolute Gasteiger partial charge is 0.494 e. The maximum Gasteiger partial charge on any atom is 0.252 e. The summed E-state index contributed by atoms with van der Waals surface area (Å²) in [7, 11) is 0. The average Bonchev–Trinajstić information content (AvgIpc) is 3.59. The second-order valence-corrected chi connectivity index (χ2v) is 9.68. The number of aromatic nitrogens is 5. The standard InChI is InChI=1S/C28H33FN6O2/c1-3-26(27-31-32-33-35(27)23-7-5-6-8-23)34(17-19-9-11-22(29)12-10-19)18-21-15-20-16-24(37-4-2)13-14-25(20)30-28(21)36/h9-16,23,26H,3-8,17-18H2,1-2H3,(H,30,36)/t26-/m0/s1. The first kappa shape index (κ1) is 25.1. The molecule has 1 saturated carbocycles. The SMILES string of the molecule is CCOc1ccc2[nH]c(=O)c(CN(Cc3ccc(F)cc3)[C@@H](CC)c3nnnn3C3CCCC3)cc2c1. The van der Waals surface area contributed by atoms with Gasteiger partial charge in [-0.1, -0.05) is 31.9 Å². The van der Waals surface area contributed by atoms with E-state index in [2.05, 4.69) is 32.3 Å². The number of ether oxygens (including phenoxy) is 1. The van der Waals surface area contributed by atoms with Crippen LogP contribution in [0.15, 0.2) is 53.3 Å². The van der Waals surface area contributed by atoms with E-state index in [9.17, 15) is 9.18 Å². The highest BCUT2D eigenvalue weighted by Crippen LogP contribution is 2.33. The van der Waals surface area contributed by atoms with Gasteiger partial charge in [-0.15, -0.1) is 5.10 Å². The number of aromatic amines is 1. The van der Waals surface area contributed by atoms with Crippen LogP contribution in [0.2, 0.25) is 0 Å². The molecule has 2 aromatic carbocycles. The molecule has 0 radical (unpaired) electrons. The molecule has 5 rings (SSSR count). The Morgan fingerprint density at radius 1 is 1.11 bits per heavy atom. The first-order valence-corrected chi connectivity index (χ1v) is 13.1. The van der Waals surface area contributed by atoms with Gasteiger partial charge in [-0.25, -0.2) is 9.07 Å². The number of tetrazole rings is 1.